The summed E-state index contributed by atoms with van der Waals surface area (Å²) in [5, 5.41) is 0.794. The van der Waals surface area contributed by atoms with E-state index >= 15 is 0 Å². The Kier molecular flexibility index (Phi) is 4.93. The summed E-state index contributed by atoms with van der Waals surface area (Å²) >= 11 is 3.51. The lowest BCUT2D eigenvalue weighted by molar-refractivity contribution is 0.134. The summed E-state index contributed by atoms with van der Waals surface area (Å²) < 4.78 is 11.4. The lowest BCUT2D eigenvalue weighted by Crippen LogP contribution is -2.23. The molecule has 18 heavy (non-hydrogen) atoms. The number of halogens is 1. The molecule has 1 saturated carbocycles. The van der Waals surface area contributed by atoms with Crippen LogP contribution in [-0.4, -0.2) is 13.2 Å². The Bertz CT molecular complexity index is 384. The van der Waals surface area contributed by atoms with Crippen molar-refractivity contribution >= 4 is 15.9 Å². The average molecular weight is 313 g/mol. The zero-order valence-electron chi connectivity index (χ0n) is 11.1. The van der Waals surface area contributed by atoms with Crippen molar-refractivity contribution in [2.75, 3.05) is 7.11 Å². The highest BCUT2D eigenvalue weighted by molar-refractivity contribution is 9.08. The molecular weight excluding hydrogens is 292 g/mol. The summed E-state index contributed by atoms with van der Waals surface area (Å²) in [4.78, 5) is 0. The van der Waals surface area contributed by atoms with Gasteiger partial charge in [0.15, 0.2) is 0 Å². The van der Waals surface area contributed by atoms with E-state index in [0.717, 1.165) is 28.3 Å². The first-order valence-electron chi connectivity index (χ1n) is 6.62. The van der Waals surface area contributed by atoms with Crippen LogP contribution in [0.25, 0.3) is 0 Å². The van der Waals surface area contributed by atoms with Crippen molar-refractivity contribution in [1.82, 2.24) is 0 Å². The van der Waals surface area contributed by atoms with Gasteiger partial charge in [0.25, 0.3) is 0 Å². The number of benzene rings is 1. The summed E-state index contributed by atoms with van der Waals surface area (Å²) in [5.74, 6) is 2.73. The van der Waals surface area contributed by atoms with E-state index in [-0.39, 0.29) is 0 Å². The van der Waals surface area contributed by atoms with E-state index in [0.29, 0.717) is 6.10 Å². The minimum absolute atomic E-state index is 0.382. The van der Waals surface area contributed by atoms with Crippen LogP contribution in [0.15, 0.2) is 18.2 Å². The molecule has 0 atom stereocenters. The minimum Gasteiger partial charge on any atom is -0.497 e. The maximum absolute atomic E-state index is 6.14. The van der Waals surface area contributed by atoms with Gasteiger partial charge in [-0.3, -0.25) is 0 Å². The first-order chi connectivity index (χ1) is 8.72. The zero-order valence-corrected chi connectivity index (χ0v) is 12.7. The predicted octanol–water partition coefficient (Wildman–Crippen LogP) is 4.55. The van der Waals surface area contributed by atoms with E-state index in [1.165, 1.54) is 25.7 Å². The van der Waals surface area contributed by atoms with Crippen LogP contribution < -0.4 is 9.47 Å². The van der Waals surface area contributed by atoms with Crippen molar-refractivity contribution < 1.29 is 9.47 Å². The summed E-state index contributed by atoms with van der Waals surface area (Å²) in [6.07, 6.45) is 5.30. The molecule has 1 aliphatic rings. The van der Waals surface area contributed by atoms with Crippen LogP contribution in [0.2, 0.25) is 0 Å². The summed E-state index contributed by atoms with van der Waals surface area (Å²) in [6, 6.07) is 6.02. The van der Waals surface area contributed by atoms with Gasteiger partial charge in [0, 0.05) is 10.9 Å². The van der Waals surface area contributed by atoms with Crippen molar-refractivity contribution in [1.29, 1.82) is 0 Å². The first kappa shape index (κ1) is 13.7. The Labute approximate surface area is 118 Å². The third-order valence-electron chi connectivity index (χ3n) is 3.67. The smallest absolute Gasteiger partial charge is 0.124 e. The van der Waals surface area contributed by atoms with Gasteiger partial charge in [0.1, 0.15) is 11.5 Å². The zero-order chi connectivity index (χ0) is 13.0. The second-order valence-corrected chi connectivity index (χ2v) is 5.67. The SMILES string of the molecule is COc1ccc(OC2CCC(C)CC2)c(CBr)c1. The molecule has 100 valence electrons. The number of hydrogen-bond acceptors (Lipinski definition) is 2. The van der Waals surface area contributed by atoms with E-state index in [2.05, 4.69) is 22.9 Å². The Balaban J connectivity index is 2.04. The van der Waals surface area contributed by atoms with Gasteiger partial charge >= 0.3 is 0 Å². The fourth-order valence-electron chi connectivity index (χ4n) is 2.43. The second-order valence-electron chi connectivity index (χ2n) is 5.11. The molecule has 1 aliphatic carbocycles. The van der Waals surface area contributed by atoms with E-state index in [4.69, 9.17) is 9.47 Å². The summed E-state index contributed by atoms with van der Waals surface area (Å²) in [5.41, 5.74) is 1.16. The predicted molar refractivity (Wildman–Crippen MR) is 77.7 cm³/mol. The molecular formula is C15H21BrO2. The highest BCUT2D eigenvalue weighted by Crippen LogP contribution is 2.31. The molecule has 0 radical (unpaired) electrons. The number of methoxy groups -OCH3 is 1. The van der Waals surface area contributed by atoms with Gasteiger partial charge in [0.2, 0.25) is 0 Å². The molecule has 0 amide bonds. The van der Waals surface area contributed by atoms with Crippen LogP contribution in [-0.2, 0) is 5.33 Å². The lowest BCUT2D eigenvalue weighted by Gasteiger charge is -2.27. The van der Waals surface area contributed by atoms with E-state index in [1.54, 1.807) is 7.11 Å². The normalized spacial score (nSPS) is 23.7. The van der Waals surface area contributed by atoms with Gasteiger partial charge in [-0.15, -0.1) is 0 Å². The molecule has 1 aromatic carbocycles. The molecule has 2 nitrogen and oxygen atoms in total. The van der Waals surface area contributed by atoms with Crippen LogP contribution in [0.3, 0.4) is 0 Å². The third-order valence-corrected chi connectivity index (χ3v) is 4.27. The van der Waals surface area contributed by atoms with Crippen molar-refractivity contribution in [3.05, 3.63) is 23.8 Å². The Morgan fingerprint density at radius 3 is 2.56 bits per heavy atom. The Morgan fingerprint density at radius 2 is 1.94 bits per heavy atom. The number of alkyl halides is 1. The highest BCUT2D eigenvalue weighted by Gasteiger charge is 2.20. The van der Waals surface area contributed by atoms with Crippen molar-refractivity contribution in [3.8, 4) is 11.5 Å². The van der Waals surface area contributed by atoms with E-state index in [9.17, 15) is 0 Å². The third kappa shape index (κ3) is 3.41. The molecule has 0 bridgehead atoms. The van der Waals surface area contributed by atoms with Gasteiger partial charge in [0.05, 0.1) is 13.2 Å². The molecule has 0 N–H and O–H groups in total. The maximum atomic E-state index is 6.14. The fourth-order valence-corrected chi connectivity index (χ4v) is 2.87. The molecule has 1 fully saturated rings. The molecule has 0 unspecified atom stereocenters. The fraction of sp³-hybridized carbons (Fsp3) is 0.600. The lowest BCUT2D eigenvalue weighted by atomic mass is 9.89. The average Bonchev–Trinajstić information content (AvgIpc) is 2.41. The molecule has 0 saturated heterocycles. The largest absolute Gasteiger partial charge is 0.497 e. The second kappa shape index (κ2) is 6.46. The van der Waals surface area contributed by atoms with Gasteiger partial charge in [-0.1, -0.05) is 22.9 Å². The van der Waals surface area contributed by atoms with Gasteiger partial charge < -0.3 is 9.47 Å². The number of hydrogen-bond donors (Lipinski definition) is 0. The quantitative estimate of drug-likeness (QED) is 0.759. The topological polar surface area (TPSA) is 18.5 Å². The van der Waals surface area contributed by atoms with Gasteiger partial charge in [-0.05, 0) is 49.8 Å². The molecule has 3 heteroatoms. The molecule has 0 spiro atoms. The van der Waals surface area contributed by atoms with Crippen LogP contribution in [0, 0.1) is 5.92 Å². The molecule has 1 aromatic rings. The maximum Gasteiger partial charge on any atom is 0.124 e. The van der Waals surface area contributed by atoms with Gasteiger partial charge in [-0.2, -0.15) is 0 Å². The van der Waals surface area contributed by atoms with E-state index < -0.39 is 0 Å². The standard InChI is InChI=1S/C15H21BrO2/c1-11-3-5-13(6-4-11)18-15-8-7-14(17-2)9-12(15)10-16/h7-9,11,13H,3-6,10H2,1-2H3. The number of ether oxygens (including phenoxy) is 2. The van der Waals surface area contributed by atoms with Crippen LogP contribution in [0.1, 0.15) is 38.2 Å². The van der Waals surface area contributed by atoms with Gasteiger partial charge in [-0.25, -0.2) is 0 Å². The molecule has 0 aliphatic heterocycles. The van der Waals surface area contributed by atoms with Crippen LogP contribution >= 0.6 is 15.9 Å². The Hall–Kier alpha value is -0.700. The van der Waals surface area contributed by atoms with Crippen LogP contribution in [0.5, 0.6) is 11.5 Å². The highest BCUT2D eigenvalue weighted by atomic mass is 79.9. The molecule has 0 aromatic heterocycles. The van der Waals surface area contributed by atoms with Crippen molar-refractivity contribution in [3.63, 3.8) is 0 Å². The summed E-state index contributed by atoms with van der Waals surface area (Å²) in [6.45, 7) is 2.33. The van der Waals surface area contributed by atoms with Crippen molar-refractivity contribution in [2.24, 2.45) is 5.92 Å². The minimum atomic E-state index is 0.382. The monoisotopic (exact) mass is 312 g/mol. The van der Waals surface area contributed by atoms with Crippen molar-refractivity contribution in [2.45, 2.75) is 44.0 Å². The van der Waals surface area contributed by atoms with E-state index in [1.807, 2.05) is 18.2 Å². The summed E-state index contributed by atoms with van der Waals surface area (Å²) in [7, 11) is 1.69. The Morgan fingerprint density at radius 1 is 1.22 bits per heavy atom. The molecule has 0 heterocycles. The van der Waals surface area contributed by atoms with Crippen LogP contribution in [0.4, 0.5) is 0 Å². The first-order valence-corrected chi connectivity index (χ1v) is 7.74. The number of rotatable bonds is 4. The molecule has 2 rings (SSSR count).